The maximum atomic E-state index is 12.5. The zero-order valence-corrected chi connectivity index (χ0v) is 14.3. The number of carbonyl (C=O) groups excluding carboxylic acids is 1. The molecule has 0 atom stereocenters. The molecule has 3 aromatic carbocycles. The largest absolute Gasteiger partial charge is 0.321 e. The molecule has 25 heavy (non-hydrogen) atoms. The maximum absolute atomic E-state index is 12.5. The van der Waals surface area contributed by atoms with E-state index in [0.29, 0.717) is 0 Å². The van der Waals surface area contributed by atoms with Crippen molar-refractivity contribution >= 4 is 23.2 Å². The molecule has 0 saturated carbocycles. The topological polar surface area (TPSA) is 29.1 Å². The second-order valence-corrected chi connectivity index (χ2v) is 6.48. The number of rotatable bonds is 2. The van der Waals surface area contributed by atoms with Crippen molar-refractivity contribution in [3.8, 4) is 11.1 Å². The Morgan fingerprint density at radius 1 is 0.800 bits per heavy atom. The van der Waals surface area contributed by atoms with Gasteiger partial charge in [0.2, 0.25) is 0 Å². The van der Waals surface area contributed by atoms with Gasteiger partial charge >= 0.3 is 0 Å². The predicted molar refractivity (Wildman–Crippen MR) is 104 cm³/mol. The highest BCUT2D eigenvalue weighted by molar-refractivity contribution is 6.35. The van der Waals surface area contributed by atoms with E-state index in [1.807, 2.05) is 36.4 Å². The Morgan fingerprint density at radius 2 is 1.60 bits per heavy atom. The van der Waals surface area contributed by atoms with Gasteiger partial charge in [-0.05, 0) is 53.8 Å². The third-order valence-corrected chi connectivity index (χ3v) is 4.75. The van der Waals surface area contributed by atoms with E-state index in [2.05, 4.69) is 55.6 Å². The lowest BCUT2D eigenvalue weighted by molar-refractivity contribution is -0.110. The van der Waals surface area contributed by atoms with Gasteiger partial charge in [-0.25, -0.2) is 0 Å². The fourth-order valence-corrected chi connectivity index (χ4v) is 3.17. The Balaban J connectivity index is 1.75. The number of aryl methyl sites for hydroxylation is 2. The van der Waals surface area contributed by atoms with Crippen LogP contribution in [-0.4, -0.2) is 5.91 Å². The molecule has 0 bridgehead atoms. The van der Waals surface area contributed by atoms with Crippen molar-refractivity contribution < 1.29 is 4.79 Å². The van der Waals surface area contributed by atoms with Crippen LogP contribution in [-0.2, 0) is 4.79 Å². The summed E-state index contributed by atoms with van der Waals surface area (Å²) in [5.74, 6) is -0.0431. The van der Waals surface area contributed by atoms with Crippen molar-refractivity contribution in [1.82, 2.24) is 0 Å². The van der Waals surface area contributed by atoms with Crippen LogP contribution in [0.25, 0.3) is 22.8 Å². The number of carbonyl (C=O) groups is 1. The predicted octanol–water partition coefficient (Wildman–Crippen LogP) is 5.46. The monoisotopic (exact) mass is 325 g/mol. The number of hydrogen-bond acceptors (Lipinski definition) is 1. The fraction of sp³-hybridized carbons (Fsp3) is 0.0870. The zero-order chi connectivity index (χ0) is 17.4. The Bertz CT molecular complexity index is 1000. The molecule has 1 heterocycles. The molecule has 0 saturated heterocycles. The van der Waals surface area contributed by atoms with Gasteiger partial charge in [0, 0.05) is 16.8 Å². The van der Waals surface area contributed by atoms with E-state index < -0.39 is 0 Å². The van der Waals surface area contributed by atoms with Gasteiger partial charge in [0.1, 0.15) is 0 Å². The van der Waals surface area contributed by atoms with Crippen molar-refractivity contribution in [1.29, 1.82) is 0 Å². The van der Waals surface area contributed by atoms with Crippen LogP contribution in [0, 0.1) is 13.8 Å². The number of fused-ring (bicyclic) bond motifs is 1. The zero-order valence-electron chi connectivity index (χ0n) is 14.3. The molecule has 2 heteroatoms. The lowest BCUT2D eigenvalue weighted by Crippen LogP contribution is -2.03. The Hall–Kier alpha value is -3.13. The van der Waals surface area contributed by atoms with Crippen LogP contribution in [0.4, 0.5) is 5.69 Å². The number of benzene rings is 3. The average Bonchev–Trinajstić information content (AvgIpc) is 2.93. The lowest BCUT2D eigenvalue weighted by Gasteiger charge is -2.05. The number of nitrogens with one attached hydrogen (secondary N) is 1. The molecule has 1 amide bonds. The van der Waals surface area contributed by atoms with E-state index in [9.17, 15) is 4.79 Å². The molecular formula is C23H19NO. The molecule has 0 aromatic heterocycles. The molecule has 0 unspecified atom stereocenters. The second-order valence-electron chi connectivity index (χ2n) is 6.48. The first kappa shape index (κ1) is 15.4. The van der Waals surface area contributed by atoms with Gasteiger partial charge in [0.15, 0.2) is 0 Å². The first-order valence-electron chi connectivity index (χ1n) is 8.42. The molecule has 0 spiro atoms. The van der Waals surface area contributed by atoms with E-state index in [4.69, 9.17) is 0 Å². The van der Waals surface area contributed by atoms with Crippen LogP contribution in [0.3, 0.4) is 0 Å². The van der Waals surface area contributed by atoms with Crippen molar-refractivity contribution in [2.24, 2.45) is 0 Å². The van der Waals surface area contributed by atoms with Gasteiger partial charge < -0.3 is 5.32 Å². The summed E-state index contributed by atoms with van der Waals surface area (Å²) < 4.78 is 0. The average molecular weight is 325 g/mol. The lowest BCUT2D eigenvalue weighted by atomic mass is 9.98. The summed E-state index contributed by atoms with van der Waals surface area (Å²) >= 11 is 0. The SMILES string of the molecule is Cc1ccc(C=C2C(=O)Nc3cc(-c4ccccc4)ccc32)cc1C. The van der Waals surface area contributed by atoms with Crippen molar-refractivity contribution in [3.63, 3.8) is 0 Å². The van der Waals surface area contributed by atoms with Crippen LogP contribution < -0.4 is 5.32 Å². The molecule has 0 fully saturated rings. The summed E-state index contributed by atoms with van der Waals surface area (Å²) in [6.45, 7) is 4.18. The van der Waals surface area contributed by atoms with Gasteiger partial charge in [-0.3, -0.25) is 4.79 Å². The molecular weight excluding hydrogens is 306 g/mol. The first-order valence-corrected chi connectivity index (χ1v) is 8.42. The van der Waals surface area contributed by atoms with E-state index in [1.54, 1.807) is 0 Å². The van der Waals surface area contributed by atoms with Crippen LogP contribution in [0.5, 0.6) is 0 Å². The van der Waals surface area contributed by atoms with Crippen LogP contribution in [0.1, 0.15) is 22.3 Å². The minimum atomic E-state index is -0.0431. The highest BCUT2D eigenvalue weighted by Crippen LogP contribution is 2.36. The van der Waals surface area contributed by atoms with Gasteiger partial charge in [0.25, 0.3) is 5.91 Å². The van der Waals surface area contributed by atoms with Gasteiger partial charge in [-0.15, -0.1) is 0 Å². The minimum absolute atomic E-state index is 0.0431. The molecule has 1 N–H and O–H groups in total. The quantitative estimate of drug-likeness (QED) is 0.623. The summed E-state index contributed by atoms with van der Waals surface area (Å²) in [5, 5.41) is 3.00. The smallest absolute Gasteiger partial charge is 0.256 e. The van der Waals surface area contributed by atoms with E-state index in [-0.39, 0.29) is 5.91 Å². The van der Waals surface area contributed by atoms with Crippen LogP contribution in [0.2, 0.25) is 0 Å². The Kier molecular flexibility index (Phi) is 3.73. The molecule has 1 aliphatic rings. The van der Waals surface area contributed by atoms with Crippen molar-refractivity contribution in [2.45, 2.75) is 13.8 Å². The van der Waals surface area contributed by atoms with E-state index in [0.717, 1.165) is 33.5 Å². The highest BCUT2D eigenvalue weighted by atomic mass is 16.2. The first-order chi connectivity index (χ1) is 12.1. The van der Waals surface area contributed by atoms with Crippen LogP contribution >= 0.6 is 0 Å². The van der Waals surface area contributed by atoms with Crippen LogP contribution in [0.15, 0.2) is 66.7 Å². The molecule has 3 aromatic rings. The number of hydrogen-bond donors (Lipinski definition) is 1. The standard InChI is InChI=1S/C23H19NO/c1-15-8-9-17(12-16(15)2)13-21-20-11-10-19(14-22(20)24-23(21)25)18-6-4-3-5-7-18/h3-14H,1-2H3,(H,24,25). The summed E-state index contributed by atoms with van der Waals surface area (Å²) in [6, 6.07) is 22.6. The Morgan fingerprint density at radius 3 is 2.36 bits per heavy atom. The fourth-order valence-electron chi connectivity index (χ4n) is 3.17. The van der Waals surface area contributed by atoms with Crippen molar-refractivity contribution in [3.05, 3.63) is 89.0 Å². The van der Waals surface area contributed by atoms with Gasteiger partial charge in [0.05, 0.1) is 0 Å². The minimum Gasteiger partial charge on any atom is -0.321 e. The number of anilines is 1. The number of amides is 1. The molecule has 122 valence electrons. The molecule has 4 rings (SSSR count). The third-order valence-electron chi connectivity index (χ3n) is 4.75. The summed E-state index contributed by atoms with van der Waals surface area (Å²) in [6.07, 6.45) is 1.97. The third kappa shape index (κ3) is 2.87. The normalized spacial score (nSPS) is 14.5. The van der Waals surface area contributed by atoms with Gasteiger partial charge in [-0.2, -0.15) is 0 Å². The summed E-state index contributed by atoms with van der Waals surface area (Å²) in [5.41, 5.74) is 8.34. The molecule has 2 nitrogen and oxygen atoms in total. The molecule has 0 aliphatic carbocycles. The maximum Gasteiger partial charge on any atom is 0.256 e. The van der Waals surface area contributed by atoms with E-state index >= 15 is 0 Å². The second kappa shape index (κ2) is 6.06. The van der Waals surface area contributed by atoms with Crippen molar-refractivity contribution in [2.75, 3.05) is 5.32 Å². The highest BCUT2D eigenvalue weighted by Gasteiger charge is 2.24. The molecule has 1 aliphatic heterocycles. The summed E-state index contributed by atoms with van der Waals surface area (Å²) in [7, 11) is 0. The summed E-state index contributed by atoms with van der Waals surface area (Å²) in [4.78, 5) is 12.5. The Labute approximate surface area is 147 Å². The van der Waals surface area contributed by atoms with E-state index in [1.165, 1.54) is 11.1 Å². The molecule has 0 radical (unpaired) electrons. The van der Waals surface area contributed by atoms with Gasteiger partial charge in [-0.1, -0.05) is 60.7 Å².